The molecule has 1 fully saturated rings. The SMILES string of the molecule is COc1ccc([C@]2(C)OCC[C@H](C)O2)cc1. The second-order valence-electron chi connectivity index (χ2n) is 4.24. The van der Waals surface area contributed by atoms with E-state index in [4.69, 9.17) is 14.2 Å². The molecule has 0 bridgehead atoms. The zero-order valence-electron chi connectivity index (χ0n) is 10.0. The maximum Gasteiger partial charge on any atom is 0.192 e. The van der Waals surface area contributed by atoms with Crippen molar-refractivity contribution in [2.24, 2.45) is 0 Å². The first-order valence-corrected chi connectivity index (χ1v) is 5.60. The third kappa shape index (κ3) is 2.20. The number of benzene rings is 1. The molecule has 1 saturated heterocycles. The molecule has 88 valence electrons. The Balaban J connectivity index is 2.20. The van der Waals surface area contributed by atoms with Crippen LogP contribution < -0.4 is 4.74 Å². The van der Waals surface area contributed by atoms with Crippen LogP contribution in [0, 0.1) is 0 Å². The number of hydrogen-bond donors (Lipinski definition) is 0. The summed E-state index contributed by atoms with van der Waals surface area (Å²) in [7, 11) is 1.66. The maximum atomic E-state index is 5.87. The first-order chi connectivity index (χ1) is 7.64. The van der Waals surface area contributed by atoms with Crippen LogP contribution in [0.5, 0.6) is 5.75 Å². The Hall–Kier alpha value is -1.06. The van der Waals surface area contributed by atoms with Crippen LogP contribution in [0.3, 0.4) is 0 Å². The topological polar surface area (TPSA) is 27.7 Å². The van der Waals surface area contributed by atoms with Crippen LogP contribution in [0.4, 0.5) is 0 Å². The second kappa shape index (κ2) is 4.44. The minimum atomic E-state index is -0.621. The van der Waals surface area contributed by atoms with Crippen LogP contribution in [0.25, 0.3) is 0 Å². The molecule has 0 unspecified atom stereocenters. The maximum absolute atomic E-state index is 5.87. The highest BCUT2D eigenvalue weighted by Gasteiger charge is 2.34. The fourth-order valence-electron chi connectivity index (χ4n) is 1.94. The van der Waals surface area contributed by atoms with Crippen LogP contribution in [0.1, 0.15) is 25.8 Å². The van der Waals surface area contributed by atoms with E-state index in [0.717, 1.165) is 24.3 Å². The summed E-state index contributed by atoms with van der Waals surface area (Å²) in [6, 6.07) is 7.81. The Morgan fingerprint density at radius 2 is 2.00 bits per heavy atom. The molecule has 2 atom stereocenters. The Bertz CT molecular complexity index is 347. The van der Waals surface area contributed by atoms with E-state index < -0.39 is 5.79 Å². The Morgan fingerprint density at radius 3 is 2.56 bits per heavy atom. The van der Waals surface area contributed by atoms with Crippen molar-refractivity contribution in [2.75, 3.05) is 13.7 Å². The summed E-state index contributed by atoms with van der Waals surface area (Å²) in [5, 5.41) is 0. The monoisotopic (exact) mass is 222 g/mol. The van der Waals surface area contributed by atoms with Crippen molar-refractivity contribution in [3.63, 3.8) is 0 Å². The molecule has 0 aliphatic carbocycles. The van der Waals surface area contributed by atoms with Gasteiger partial charge in [0.05, 0.1) is 19.8 Å². The summed E-state index contributed by atoms with van der Waals surface area (Å²) < 4.78 is 16.7. The predicted octanol–water partition coefficient (Wildman–Crippen LogP) is 2.69. The summed E-state index contributed by atoms with van der Waals surface area (Å²) >= 11 is 0. The van der Waals surface area contributed by atoms with E-state index in [1.54, 1.807) is 7.11 Å². The third-order valence-corrected chi connectivity index (χ3v) is 2.94. The van der Waals surface area contributed by atoms with Crippen molar-refractivity contribution >= 4 is 0 Å². The van der Waals surface area contributed by atoms with E-state index in [1.165, 1.54) is 0 Å². The van der Waals surface area contributed by atoms with Gasteiger partial charge in [0.2, 0.25) is 0 Å². The van der Waals surface area contributed by atoms with Gasteiger partial charge in [-0.2, -0.15) is 0 Å². The molecule has 3 heteroatoms. The fourth-order valence-corrected chi connectivity index (χ4v) is 1.94. The largest absolute Gasteiger partial charge is 0.497 e. The van der Waals surface area contributed by atoms with E-state index in [1.807, 2.05) is 31.2 Å². The number of ether oxygens (including phenoxy) is 3. The fraction of sp³-hybridized carbons (Fsp3) is 0.538. The van der Waals surface area contributed by atoms with Crippen molar-refractivity contribution in [2.45, 2.75) is 32.2 Å². The minimum absolute atomic E-state index is 0.237. The Morgan fingerprint density at radius 1 is 1.31 bits per heavy atom. The van der Waals surface area contributed by atoms with Gasteiger partial charge in [0, 0.05) is 5.56 Å². The van der Waals surface area contributed by atoms with Crippen molar-refractivity contribution in [3.8, 4) is 5.75 Å². The lowest BCUT2D eigenvalue weighted by Gasteiger charge is -2.37. The highest BCUT2D eigenvalue weighted by molar-refractivity contribution is 5.29. The van der Waals surface area contributed by atoms with Crippen LogP contribution in [-0.4, -0.2) is 19.8 Å². The predicted molar refractivity (Wildman–Crippen MR) is 61.5 cm³/mol. The molecular weight excluding hydrogens is 204 g/mol. The first-order valence-electron chi connectivity index (χ1n) is 5.60. The first kappa shape index (κ1) is 11.4. The van der Waals surface area contributed by atoms with Gasteiger partial charge in [-0.3, -0.25) is 0 Å². The molecule has 1 aliphatic rings. The molecule has 3 nitrogen and oxygen atoms in total. The van der Waals surface area contributed by atoms with Crippen molar-refractivity contribution in [1.82, 2.24) is 0 Å². The average molecular weight is 222 g/mol. The summed E-state index contributed by atoms with van der Waals surface area (Å²) in [6.45, 7) is 4.78. The lowest BCUT2D eigenvalue weighted by molar-refractivity contribution is -0.288. The van der Waals surface area contributed by atoms with Gasteiger partial charge in [0.1, 0.15) is 5.75 Å². The zero-order chi connectivity index (χ0) is 11.6. The van der Waals surface area contributed by atoms with Crippen molar-refractivity contribution in [1.29, 1.82) is 0 Å². The highest BCUT2D eigenvalue weighted by atomic mass is 16.7. The van der Waals surface area contributed by atoms with E-state index in [2.05, 4.69) is 6.92 Å². The number of hydrogen-bond acceptors (Lipinski definition) is 3. The summed E-state index contributed by atoms with van der Waals surface area (Å²) in [5.74, 6) is 0.223. The molecule has 1 aromatic rings. The third-order valence-electron chi connectivity index (χ3n) is 2.94. The molecule has 2 rings (SSSR count). The summed E-state index contributed by atoms with van der Waals surface area (Å²) in [6.07, 6.45) is 1.19. The van der Waals surface area contributed by atoms with Crippen molar-refractivity contribution < 1.29 is 14.2 Å². The molecule has 1 heterocycles. The van der Waals surface area contributed by atoms with Crippen LogP contribution >= 0.6 is 0 Å². The minimum Gasteiger partial charge on any atom is -0.497 e. The zero-order valence-corrected chi connectivity index (χ0v) is 10.0. The molecule has 0 amide bonds. The van der Waals surface area contributed by atoms with Gasteiger partial charge in [0.25, 0.3) is 0 Å². The molecule has 16 heavy (non-hydrogen) atoms. The summed E-state index contributed by atoms with van der Waals surface area (Å²) in [4.78, 5) is 0. The van der Waals surface area contributed by atoms with Gasteiger partial charge in [-0.15, -0.1) is 0 Å². The van der Waals surface area contributed by atoms with Crippen LogP contribution in [0.2, 0.25) is 0 Å². The molecule has 0 aromatic heterocycles. The lowest BCUT2D eigenvalue weighted by Crippen LogP contribution is -2.38. The highest BCUT2D eigenvalue weighted by Crippen LogP contribution is 2.33. The van der Waals surface area contributed by atoms with Gasteiger partial charge in [-0.1, -0.05) is 0 Å². The van der Waals surface area contributed by atoms with Gasteiger partial charge in [0.15, 0.2) is 5.79 Å². The molecule has 0 N–H and O–H groups in total. The van der Waals surface area contributed by atoms with Crippen LogP contribution in [0.15, 0.2) is 24.3 Å². The molecule has 1 aliphatic heterocycles. The lowest BCUT2D eigenvalue weighted by atomic mass is 10.1. The van der Waals surface area contributed by atoms with E-state index >= 15 is 0 Å². The summed E-state index contributed by atoms with van der Waals surface area (Å²) in [5.41, 5.74) is 1.03. The smallest absolute Gasteiger partial charge is 0.192 e. The van der Waals surface area contributed by atoms with Crippen molar-refractivity contribution in [3.05, 3.63) is 29.8 Å². The van der Waals surface area contributed by atoms with Gasteiger partial charge >= 0.3 is 0 Å². The van der Waals surface area contributed by atoms with Crippen LogP contribution in [-0.2, 0) is 15.3 Å². The molecule has 0 spiro atoms. The Kier molecular flexibility index (Phi) is 3.17. The number of rotatable bonds is 2. The quantitative estimate of drug-likeness (QED) is 0.770. The average Bonchev–Trinajstić information content (AvgIpc) is 2.29. The van der Waals surface area contributed by atoms with Gasteiger partial charge in [-0.05, 0) is 44.5 Å². The molecule has 1 aromatic carbocycles. The molecular formula is C13H18O3. The Labute approximate surface area is 96.3 Å². The molecule has 0 radical (unpaired) electrons. The molecule has 0 saturated carbocycles. The van der Waals surface area contributed by atoms with E-state index in [9.17, 15) is 0 Å². The van der Waals surface area contributed by atoms with E-state index in [0.29, 0.717) is 0 Å². The van der Waals surface area contributed by atoms with Gasteiger partial charge < -0.3 is 14.2 Å². The second-order valence-corrected chi connectivity index (χ2v) is 4.24. The normalized spacial score (nSPS) is 30.1. The van der Waals surface area contributed by atoms with E-state index in [-0.39, 0.29) is 6.10 Å². The number of methoxy groups -OCH3 is 1. The van der Waals surface area contributed by atoms with Gasteiger partial charge in [-0.25, -0.2) is 0 Å². The standard InChI is InChI=1S/C13H18O3/c1-10-8-9-15-13(2,16-10)11-4-6-12(14-3)7-5-11/h4-7,10H,8-9H2,1-3H3/t10-,13+/m0/s1.